The lowest BCUT2D eigenvalue weighted by Gasteiger charge is -2.22. The minimum absolute atomic E-state index is 0.0987. The Labute approximate surface area is 111 Å². The molecule has 1 aromatic carbocycles. The fourth-order valence-electron chi connectivity index (χ4n) is 1.79. The average molecular weight is 270 g/mol. The second kappa shape index (κ2) is 7.70. The van der Waals surface area contributed by atoms with Crippen molar-refractivity contribution in [3.05, 3.63) is 29.6 Å². The van der Waals surface area contributed by atoms with Gasteiger partial charge in [-0.2, -0.15) is 0 Å². The average Bonchev–Trinajstić information content (AvgIpc) is 2.40. The highest BCUT2D eigenvalue weighted by molar-refractivity contribution is 5.99. The van der Waals surface area contributed by atoms with Gasteiger partial charge in [0.15, 0.2) is 0 Å². The molecule has 1 rings (SSSR count). The Bertz CT molecular complexity index is 420. The Morgan fingerprint density at radius 3 is 2.47 bits per heavy atom. The number of carbonyl (C=O) groups is 1. The number of para-hydroxylation sites is 1. The fourth-order valence-corrected chi connectivity index (χ4v) is 1.79. The SMILES string of the molecule is CCNc1c(F)cccc1C(=O)N(CCO)CCO. The molecule has 0 spiro atoms. The quantitative estimate of drug-likeness (QED) is 0.681. The van der Waals surface area contributed by atoms with Gasteiger partial charge in [0.25, 0.3) is 5.91 Å². The summed E-state index contributed by atoms with van der Waals surface area (Å²) in [4.78, 5) is 13.6. The van der Waals surface area contributed by atoms with E-state index in [1.807, 2.05) is 0 Å². The number of aliphatic hydroxyl groups is 2. The summed E-state index contributed by atoms with van der Waals surface area (Å²) < 4.78 is 13.7. The van der Waals surface area contributed by atoms with Gasteiger partial charge in [-0.05, 0) is 19.1 Å². The molecule has 0 atom stereocenters. The number of halogens is 1. The van der Waals surface area contributed by atoms with E-state index < -0.39 is 11.7 Å². The lowest BCUT2D eigenvalue weighted by atomic mass is 10.1. The molecule has 0 saturated heterocycles. The first-order valence-corrected chi connectivity index (χ1v) is 6.19. The van der Waals surface area contributed by atoms with Crippen molar-refractivity contribution in [3.8, 4) is 0 Å². The smallest absolute Gasteiger partial charge is 0.256 e. The van der Waals surface area contributed by atoms with Crippen LogP contribution >= 0.6 is 0 Å². The number of carbonyl (C=O) groups excluding carboxylic acids is 1. The van der Waals surface area contributed by atoms with Crippen LogP contribution in [0.3, 0.4) is 0 Å². The number of hydrogen-bond acceptors (Lipinski definition) is 4. The van der Waals surface area contributed by atoms with E-state index in [4.69, 9.17) is 10.2 Å². The number of hydrogen-bond donors (Lipinski definition) is 3. The van der Waals surface area contributed by atoms with Gasteiger partial charge in [-0.25, -0.2) is 4.39 Å². The van der Waals surface area contributed by atoms with Gasteiger partial charge < -0.3 is 20.4 Å². The van der Waals surface area contributed by atoms with Crippen LogP contribution in [0.4, 0.5) is 10.1 Å². The van der Waals surface area contributed by atoms with Crippen molar-refractivity contribution >= 4 is 11.6 Å². The Kier molecular flexibility index (Phi) is 6.24. The van der Waals surface area contributed by atoms with Crippen LogP contribution in [0.25, 0.3) is 0 Å². The maximum Gasteiger partial charge on any atom is 0.256 e. The normalized spacial score (nSPS) is 10.3. The maximum absolute atomic E-state index is 13.7. The highest BCUT2D eigenvalue weighted by atomic mass is 19.1. The van der Waals surface area contributed by atoms with Gasteiger partial charge in [0, 0.05) is 19.6 Å². The number of nitrogens with zero attached hydrogens (tertiary/aromatic N) is 1. The third-order valence-corrected chi connectivity index (χ3v) is 2.62. The molecule has 5 nitrogen and oxygen atoms in total. The van der Waals surface area contributed by atoms with Crippen LogP contribution in [0.5, 0.6) is 0 Å². The molecule has 0 fully saturated rings. The molecule has 1 amide bonds. The predicted octanol–water partition coefficient (Wildman–Crippen LogP) is 0.684. The zero-order valence-electron chi connectivity index (χ0n) is 10.9. The van der Waals surface area contributed by atoms with Crippen LogP contribution in [-0.2, 0) is 0 Å². The van der Waals surface area contributed by atoms with E-state index in [9.17, 15) is 9.18 Å². The van der Waals surface area contributed by atoms with Crippen molar-refractivity contribution in [1.29, 1.82) is 0 Å². The summed E-state index contributed by atoms with van der Waals surface area (Å²) in [5.74, 6) is -0.917. The molecule has 0 saturated carbocycles. The number of nitrogens with one attached hydrogen (secondary N) is 1. The minimum atomic E-state index is -0.499. The van der Waals surface area contributed by atoms with Crippen molar-refractivity contribution in [2.24, 2.45) is 0 Å². The van der Waals surface area contributed by atoms with Gasteiger partial charge in [-0.1, -0.05) is 6.07 Å². The van der Waals surface area contributed by atoms with E-state index in [2.05, 4.69) is 5.32 Å². The number of benzene rings is 1. The summed E-state index contributed by atoms with van der Waals surface area (Å²) in [5.41, 5.74) is 0.347. The molecule has 0 aliphatic rings. The summed E-state index contributed by atoms with van der Waals surface area (Å²) in [6.45, 7) is 2.07. The number of anilines is 1. The molecular weight excluding hydrogens is 251 g/mol. The van der Waals surface area contributed by atoms with Crippen molar-refractivity contribution in [2.75, 3.05) is 38.2 Å². The van der Waals surface area contributed by atoms with Gasteiger partial charge in [0.1, 0.15) is 5.82 Å². The molecule has 0 aromatic heterocycles. The van der Waals surface area contributed by atoms with Crippen molar-refractivity contribution in [3.63, 3.8) is 0 Å². The lowest BCUT2D eigenvalue weighted by Crippen LogP contribution is -2.36. The van der Waals surface area contributed by atoms with Gasteiger partial charge in [0.05, 0.1) is 24.5 Å². The topological polar surface area (TPSA) is 72.8 Å². The van der Waals surface area contributed by atoms with Crippen LogP contribution in [0, 0.1) is 5.82 Å². The fraction of sp³-hybridized carbons (Fsp3) is 0.462. The van der Waals surface area contributed by atoms with Crippen molar-refractivity contribution in [1.82, 2.24) is 4.90 Å². The highest BCUT2D eigenvalue weighted by Crippen LogP contribution is 2.21. The molecule has 0 aliphatic carbocycles. The highest BCUT2D eigenvalue weighted by Gasteiger charge is 2.20. The number of rotatable bonds is 7. The van der Waals surface area contributed by atoms with E-state index >= 15 is 0 Å². The van der Waals surface area contributed by atoms with Gasteiger partial charge in [-0.15, -0.1) is 0 Å². The van der Waals surface area contributed by atoms with Gasteiger partial charge in [-0.3, -0.25) is 4.79 Å². The minimum Gasteiger partial charge on any atom is -0.395 e. The molecule has 0 radical (unpaired) electrons. The predicted molar refractivity (Wildman–Crippen MR) is 70.6 cm³/mol. The van der Waals surface area contributed by atoms with E-state index in [1.54, 1.807) is 6.92 Å². The van der Waals surface area contributed by atoms with E-state index in [0.29, 0.717) is 6.54 Å². The van der Waals surface area contributed by atoms with Crippen LogP contribution in [0.15, 0.2) is 18.2 Å². The second-order valence-electron chi connectivity index (χ2n) is 3.93. The van der Waals surface area contributed by atoms with Crippen LogP contribution in [0.2, 0.25) is 0 Å². The molecule has 106 valence electrons. The van der Waals surface area contributed by atoms with Crippen LogP contribution in [0.1, 0.15) is 17.3 Å². The zero-order chi connectivity index (χ0) is 14.3. The lowest BCUT2D eigenvalue weighted by molar-refractivity contribution is 0.0685. The number of amides is 1. The Balaban J connectivity index is 3.05. The molecule has 1 aromatic rings. The molecule has 0 heterocycles. The van der Waals surface area contributed by atoms with Crippen LogP contribution < -0.4 is 5.32 Å². The summed E-state index contributed by atoms with van der Waals surface area (Å²) in [6.07, 6.45) is 0. The summed E-state index contributed by atoms with van der Waals surface area (Å²) in [5, 5.41) is 20.7. The molecule has 0 unspecified atom stereocenters. The first-order chi connectivity index (χ1) is 9.15. The molecule has 0 bridgehead atoms. The largest absolute Gasteiger partial charge is 0.395 e. The van der Waals surface area contributed by atoms with Gasteiger partial charge in [0.2, 0.25) is 0 Å². The maximum atomic E-state index is 13.7. The van der Waals surface area contributed by atoms with E-state index in [-0.39, 0.29) is 37.6 Å². The first kappa shape index (κ1) is 15.4. The second-order valence-corrected chi connectivity index (χ2v) is 3.93. The summed E-state index contributed by atoms with van der Waals surface area (Å²) in [7, 11) is 0. The number of aliphatic hydroxyl groups excluding tert-OH is 2. The Hall–Kier alpha value is -1.66. The molecule has 3 N–H and O–H groups in total. The third-order valence-electron chi connectivity index (χ3n) is 2.62. The monoisotopic (exact) mass is 270 g/mol. The third kappa shape index (κ3) is 3.90. The van der Waals surface area contributed by atoms with Crippen molar-refractivity contribution in [2.45, 2.75) is 6.92 Å². The summed E-state index contributed by atoms with van der Waals surface area (Å²) >= 11 is 0. The van der Waals surface area contributed by atoms with Crippen LogP contribution in [-0.4, -0.2) is 53.9 Å². The molecule has 0 aliphatic heterocycles. The molecule has 6 heteroatoms. The molecular formula is C13H19FN2O3. The van der Waals surface area contributed by atoms with E-state index in [1.165, 1.54) is 23.1 Å². The zero-order valence-corrected chi connectivity index (χ0v) is 10.9. The molecule has 19 heavy (non-hydrogen) atoms. The summed E-state index contributed by atoms with van der Waals surface area (Å²) in [6, 6.07) is 4.25. The van der Waals surface area contributed by atoms with Crippen molar-refractivity contribution < 1.29 is 19.4 Å². The Morgan fingerprint density at radius 1 is 1.32 bits per heavy atom. The Morgan fingerprint density at radius 2 is 1.95 bits per heavy atom. The van der Waals surface area contributed by atoms with E-state index in [0.717, 1.165) is 0 Å². The first-order valence-electron chi connectivity index (χ1n) is 6.19. The van der Waals surface area contributed by atoms with Gasteiger partial charge >= 0.3 is 0 Å². The standard InChI is InChI=1S/C13H19FN2O3/c1-2-15-12-10(4-3-5-11(12)14)13(19)16(6-8-17)7-9-18/h3-5,15,17-18H,2,6-9H2,1H3.